The van der Waals surface area contributed by atoms with Crippen LogP contribution in [0.3, 0.4) is 0 Å². The van der Waals surface area contributed by atoms with E-state index >= 15 is 0 Å². The molecule has 0 amide bonds. The van der Waals surface area contributed by atoms with Gasteiger partial charge in [0.1, 0.15) is 6.61 Å². The van der Waals surface area contributed by atoms with E-state index in [1.807, 2.05) is 38.1 Å². The number of hydrazone groups is 1. The average molecular weight is 312 g/mol. The van der Waals surface area contributed by atoms with E-state index in [1.165, 1.54) is 0 Å². The van der Waals surface area contributed by atoms with Gasteiger partial charge in [0.05, 0.1) is 13.3 Å². The first kappa shape index (κ1) is 16.5. The van der Waals surface area contributed by atoms with E-state index in [2.05, 4.69) is 27.1 Å². The zero-order chi connectivity index (χ0) is 16.7. The van der Waals surface area contributed by atoms with Gasteiger partial charge in [-0.15, -0.1) is 0 Å². The van der Waals surface area contributed by atoms with Crippen molar-refractivity contribution in [1.29, 1.82) is 0 Å². The van der Waals surface area contributed by atoms with Crippen LogP contribution in [0, 0.1) is 13.8 Å². The average Bonchev–Trinajstić information content (AvgIpc) is 2.52. The molecule has 0 fully saturated rings. The molecule has 6 nitrogen and oxygen atoms in total. The summed E-state index contributed by atoms with van der Waals surface area (Å²) in [4.78, 5) is 8.51. The minimum atomic E-state index is 0.426. The summed E-state index contributed by atoms with van der Waals surface area (Å²) in [6, 6.07) is 7.46. The van der Waals surface area contributed by atoms with Gasteiger partial charge < -0.3 is 9.47 Å². The van der Waals surface area contributed by atoms with Crippen LogP contribution in [0.25, 0.3) is 0 Å². The Kier molecular flexibility index (Phi) is 5.68. The highest BCUT2D eigenvalue weighted by Crippen LogP contribution is 2.27. The summed E-state index contributed by atoms with van der Waals surface area (Å²) >= 11 is 0. The van der Waals surface area contributed by atoms with Gasteiger partial charge in [-0.1, -0.05) is 12.7 Å². The van der Waals surface area contributed by atoms with E-state index in [4.69, 9.17) is 9.47 Å². The van der Waals surface area contributed by atoms with Gasteiger partial charge in [0.25, 0.3) is 0 Å². The molecule has 1 aromatic heterocycles. The Morgan fingerprint density at radius 2 is 1.91 bits per heavy atom. The molecule has 0 aliphatic heterocycles. The van der Waals surface area contributed by atoms with Crippen LogP contribution >= 0.6 is 0 Å². The molecular weight excluding hydrogens is 292 g/mol. The SMILES string of the molecule is C=CCOc1ccc(/C=N/Nc2nc(C)cc(C)n2)cc1OC. The molecule has 23 heavy (non-hydrogen) atoms. The molecule has 0 saturated carbocycles. The number of ether oxygens (including phenoxy) is 2. The number of methoxy groups -OCH3 is 1. The highest BCUT2D eigenvalue weighted by Gasteiger charge is 2.04. The number of nitrogens with zero attached hydrogens (tertiary/aromatic N) is 3. The molecule has 0 atom stereocenters. The van der Waals surface area contributed by atoms with Crippen molar-refractivity contribution in [1.82, 2.24) is 9.97 Å². The first-order valence-electron chi connectivity index (χ1n) is 7.15. The number of aromatic nitrogens is 2. The van der Waals surface area contributed by atoms with Gasteiger partial charge in [-0.25, -0.2) is 15.4 Å². The van der Waals surface area contributed by atoms with Crippen molar-refractivity contribution >= 4 is 12.2 Å². The second kappa shape index (κ2) is 7.93. The Balaban J connectivity index is 2.08. The number of nitrogens with one attached hydrogen (secondary N) is 1. The number of benzene rings is 1. The van der Waals surface area contributed by atoms with Crippen LogP contribution in [0.1, 0.15) is 17.0 Å². The lowest BCUT2D eigenvalue weighted by Gasteiger charge is -2.09. The Morgan fingerprint density at radius 1 is 1.17 bits per heavy atom. The van der Waals surface area contributed by atoms with Gasteiger partial charge in [-0.3, -0.25) is 0 Å². The Morgan fingerprint density at radius 3 is 2.57 bits per heavy atom. The molecule has 0 unspecified atom stereocenters. The normalized spacial score (nSPS) is 10.6. The van der Waals surface area contributed by atoms with Gasteiger partial charge in [0, 0.05) is 11.4 Å². The number of rotatable bonds is 7. The quantitative estimate of drug-likeness (QED) is 0.483. The lowest BCUT2D eigenvalue weighted by atomic mass is 10.2. The summed E-state index contributed by atoms with van der Waals surface area (Å²) in [5.74, 6) is 1.77. The molecule has 6 heteroatoms. The second-order valence-electron chi connectivity index (χ2n) is 4.85. The van der Waals surface area contributed by atoms with E-state index in [9.17, 15) is 0 Å². The minimum absolute atomic E-state index is 0.426. The van der Waals surface area contributed by atoms with Gasteiger partial charge >= 0.3 is 0 Å². The lowest BCUT2D eigenvalue weighted by Crippen LogP contribution is -2.00. The molecule has 0 aliphatic rings. The van der Waals surface area contributed by atoms with E-state index in [1.54, 1.807) is 19.4 Å². The van der Waals surface area contributed by atoms with E-state index in [-0.39, 0.29) is 0 Å². The number of anilines is 1. The second-order valence-corrected chi connectivity index (χ2v) is 4.85. The summed E-state index contributed by atoms with van der Waals surface area (Å²) in [6.07, 6.45) is 3.35. The Hall–Kier alpha value is -2.89. The predicted molar refractivity (Wildman–Crippen MR) is 91.4 cm³/mol. The van der Waals surface area contributed by atoms with Crippen LogP contribution in [0.2, 0.25) is 0 Å². The highest BCUT2D eigenvalue weighted by atomic mass is 16.5. The Labute approximate surface area is 135 Å². The van der Waals surface area contributed by atoms with Gasteiger partial charge in [-0.2, -0.15) is 5.10 Å². The van der Waals surface area contributed by atoms with Crippen molar-refractivity contribution in [2.24, 2.45) is 5.10 Å². The first-order chi connectivity index (χ1) is 11.1. The van der Waals surface area contributed by atoms with Crippen LogP contribution in [0.4, 0.5) is 5.95 Å². The molecular formula is C17H20N4O2. The molecule has 0 radical (unpaired) electrons. The zero-order valence-electron chi connectivity index (χ0n) is 13.5. The summed E-state index contributed by atoms with van der Waals surface area (Å²) in [5.41, 5.74) is 5.47. The maximum atomic E-state index is 5.51. The molecule has 0 spiro atoms. The molecule has 0 saturated heterocycles. The lowest BCUT2D eigenvalue weighted by molar-refractivity contribution is 0.326. The largest absolute Gasteiger partial charge is 0.493 e. The topological polar surface area (TPSA) is 68.6 Å². The third-order valence-corrected chi connectivity index (χ3v) is 2.90. The maximum Gasteiger partial charge on any atom is 0.243 e. The fraction of sp³-hybridized carbons (Fsp3) is 0.235. The first-order valence-corrected chi connectivity index (χ1v) is 7.15. The Bertz CT molecular complexity index is 693. The predicted octanol–water partition coefficient (Wildman–Crippen LogP) is 3.11. The number of aryl methyl sites for hydroxylation is 2. The molecule has 120 valence electrons. The van der Waals surface area contributed by atoms with Crippen LogP contribution in [-0.4, -0.2) is 29.9 Å². The third kappa shape index (κ3) is 4.81. The van der Waals surface area contributed by atoms with Crippen LogP contribution in [-0.2, 0) is 0 Å². The maximum absolute atomic E-state index is 5.51. The number of hydrogen-bond donors (Lipinski definition) is 1. The molecule has 1 heterocycles. The monoisotopic (exact) mass is 312 g/mol. The number of hydrogen-bond acceptors (Lipinski definition) is 6. The fourth-order valence-corrected chi connectivity index (χ4v) is 1.97. The summed E-state index contributed by atoms with van der Waals surface area (Å²) in [5, 5.41) is 4.15. The van der Waals surface area contributed by atoms with E-state index in [0.29, 0.717) is 24.1 Å². The van der Waals surface area contributed by atoms with E-state index in [0.717, 1.165) is 17.0 Å². The summed E-state index contributed by atoms with van der Waals surface area (Å²) < 4.78 is 10.8. The highest BCUT2D eigenvalue weighted by molar-refractivity contribution is 5.81. The van der Waals surface area contributed by atoms with Gasteiger partial charge in [0.2, 0.25) is 5.95 Å². The van der Waals surface area contributed by atoms with Crippen molar-refractivity contribution < 1.29 is 9.47 Å². The van der Waals surface area contributed by atoms with Crippen molar-refractivity contribution in [3.05, 3.63) is 53.9 Å². The van der Waals surface area contributed by atoms with Crippen molar-refractivity contribution in [3.63, 3.8) is 0 Å². The zero-order valence-corrected chi connectivity index (χ0v) is 13.5. The van der Waals surface area contributed by atoms with Gasteiger partial charge in [-0.05, 0) is 43.7 Å². The van der Waals surface area contributed by atoms with Crippen LogP contribution in [0.15, 0.2) is 42.0 Å². The molecule has 1 N–H and O–H groups in total. The molecule has 2 aromatic rings. The van der Waals surface area contributed by atoms with Gasteiger partial charge in [0.15, 0.2) is 11.5 Å². The molecule has 0 bridgehead atoms. The van der Waals surface area contributed by atoms with Crippen LogP contribution < -0.4 is 14.9 Å². The smallest absolute Gasteiger partial charge is 0.243 e. The van der Waals surface area contributed by atoms with Crippen molar-refractivity contribution in [2.45, 2.75) is 13.8 Å². The molecule has 2 rings (SSSR count). The summed E-state index contributed by atoms with van der Waals surface area (Å²) in [6.45, 7) is 7.88. The van der Waals surface area contributed by atoms with Crippen molar-refractivity contribution in [2.75, 3.05) is 19.1 Å². The third-order valence-electron chi connectivity index (χ3n) is 2.90. The standard InChI is InChI=1S/C17H20N4O2/c1-5-8-23-15-7-6-14(10-16(15)22-4)11-18-21-17-19-12(2)9-13(3)20-17/h5-7,9-11H,1,8H2,2-4H3,(H,19,20,21)/b18-11+. The molecule has 1 aromatic carbocycles. The van der Waals surface area contributed by atoms with Crippen LogP contribution in [0.5, 0.6) is 11.5 Å². The van der Waals surface area contributed by atoms with E-state index < -0.39 is 0 Å². The minimum Gasteiger partial charge on any atom is -0.493 e. The summed E-state index contributed by atoms with van der Waals surface area (Å²) in [7, 11) is 1.60. The molecule has 0 aliphatic carbocycles. The van der Waals surface area contributed by atoms with Crippen molar-refractivity contribution in [3.8, 4) is 11.5 Å². The fourth-order valence-electron chi connectivity index (χ4n) is 1.97.